The molecule has 2 heteroatoms. The molecular weight excluding hydrogens is 224 g/mol. The van der Waals surface area contributed by atoms with E-state index in [1.54, 1.807) is 0 Å². The van der Waals surface area contributed by atoms with Gasteiger partial charge in [0.1, 0.15) is 0 Å². The third kappa shape index (κ3) is 3.14. The van der Waals surface area contributed by atoms with Gasteiger partial charge in [-0.15, -0.1) is 0 Å². The van der Waals surface area contributed by atoms with Gasteiger partial charge in [0.2, 0.25) is 8.32 Å². The number of unbranched alkanes of at least 4 members (excludes halogenated alkanes) is 1. The minimum Gasteiger partial charge on any atom is -0.419 e. The lowest BCUT2D eigenvalue weighted by Crippen LogP contribution is -2.55. The minimum absolute atomic E-state index is 0.358. The fourth-order valence-electron chi connectivity index (χ4n) is 3.24. The first-order valence-electron chi connectivity index (χ1n) is 7.29. The summed E-state index contributed by atoms with van der Waals surface area (Å²) in [7, 11) is 0.223. The van der Waals surface area contributed by atoms with Crippen molar-refractivity contribution in [2.45, 2.75) is 90.3 Å². The Balaban J connectivity index is 5.44. The summed E-state index contributed by atoms with van der Waals surface area (Å²) in [6, 6.07) is 1.31. The van der Waals surface area contributed by atoms with E-state index in [1.807, 2.05) is 7.11 Å². The van der Waals surface area contributed by atoms with Crippen molar-refractivity contribution in [2.24, 2.45) is 0 Å². The van der Waals surface area contributed by atoms with Crippen LogP contribution in [0.2, 0.25) is 16.1 Å². The van der Waals surface area contributed by atoms with Crippen molar-refractivity contribution in [1.82, 2.24) is 0 Å². The summed E-state index contributed by atoms with van der Waals surface area (Å²) >= 11 is 0. The predicted molar refractivity (Wildman–Crippen MR) is 81.1 cm³/mol. The summed E-state index contributed by atoms with van der Waals surface area (Å²) in [6.45, 7) is 16.6. The zero-order valence-corrected chi connectivity index (χ0v) is 14.4. The maximum atomic E-state index is 6.29. The first kappa shape index (κ1) is 17.2. The van der Waals surface area contributed by atoms with Crippen molar-refractivity contribution < 1.29 is 4.43 Å². The van der Waals surface area contributed by atoms with Crippen LogP contribution in [0.4, 0.5) is 0 Å². The Hall–Kier alpha value is 0.177. The van der Waals surface area contributed by atoms with Crippen LogP contribution in [0.25, 0.3) is 0 Å². The van der Waals surface area contributed by atoms with E-state index in [9.17, 15) is 0 Å². The second kappa shape index (κ2) is 6.37. The van der Waals surface area contributed by atoms with Crippen LogP contribution in [0.3, 0.4) is 0 Å². The highest BCUT2D eigenvalue weighted by atomic mass is 28.4. The molecule has 0 heterocycles. The van der Waals surface area contributed by atoms with Crippen molar-refractivity contribution in [3.05, 3.63) is 0 Å². The number of rotatable bonds is 8. The van der Waals surface area contributed by atoms with E-state index in [4.69, 9.17) is 4.43 Å². The van der Waals surface area contributed by atoms with Crippen molar-refractivity contribution in [2.75, 3.05) is 7.11 Å². The summed E-state index contributed by atoms with van der Waals surface area (Å²) in [5, 5.41) is 0.715. The molecule has 0 fully saturated rings. The SMILES string of the molecule is CCCC[Si](OC)(C(C)(C)CC)C(C)(C)CC. The molecule has 0 saturated carbocycles. The van der Waals surface area contributed by atoms with Gasteiger partial charge >= 0.3 is 0 Å². The van der Waals surface area contributed by atoms with E-state index >= 15 is 0 Å². The Kier molecular flexibility index (Phi) is 6.44. The molecule has 0 aromatic carbocycles. The van der Waals surface area contributed by atoms with Crippen LogP contribution in [0.15, 0.2) is 0 Å². The molecule has 0 saturated heterocycles. The van der Waals surface area contributed by atoms with Crippen molar-refractivity contribution in [3.63, 3.8) is 0 Å². The maximum Gasteiger partial charge on any atom is 0.203 e. The highest BCUT2D eigenvalue weighted by molar-refractivity contribution is 6.79. The molecule has 0 rings (SSSR count). The first-order valence-corrected chi connectivity index (χ1v) is 9.41. The molecule has 0 radical (unpaired) electrons. The highest BCUT2D eigenvalue weighted by Crippen LogP contribution is 2.57. The first-order chi connectivity index (χ1) is 7.74. The summed E-state index contributed by atoms with van der Waals surface area (Å²) in [5.41, 5.74) is 0. The van der Waals surface area contributed by atoms with Gasteiger partial charge in [0.15, 0.2) is 0 Å². The van der Waals surface area contributed by atoms with E-state index < -0.39 is 8.32 Å². The summed E-state index contributed by atoms with van der Waals surface area (Å²) < 4.78 is 6.29. The summed E-state index contributed by atoms with van der Waals surface area (Å²) in [6.07, 6.45) is 5.03. The molecule has 0 aromatic rings. The van der Waals surface area contributed by atoms with Crippen LogP contribution in [0.1, 0.15) is 74.1 Å². The Labute approximate surface area is 110 Å². The molecule has 0 bridgehead atoms. The lowest BCUT2D eigenvalue weighted by molar-refractivity contribution is 0.304. The summed E-state index contributed by atoms with van der Waals surface area (Å²) in [5.74, 6) is 0. The Morgan fingerprint density at radius 1 is 0.882 bits per heavy atom. The van der Waals surface area contributed by atoms with Gasteiger partial charge in [-0.25, -0.2) is 0 Å². The van der Waals surface area contributed by atoms with E-state index in [0.717, 1.165) is 0 Å². The normalized spacial score (nSPS) is 14.1. The molecule has 17 heavy (non-hydrogen) atoms. The average Bonchev–Trinajstić information content (AvgIpc) is 2.30. The fourth-order valence-corrected chi connectivity index (χ4v) is 9.73. The average molecular weight is 259 g/mol. The predicted octanol–water partition coefficient (Wildman–Crippen LogP) is 5.76. The molecule has 0 atom stereocenters. The Morgan fingerprint density at radius 3 is 1.53 bits per heavy atom. The second-order valence-electron chi connectivity index (χ2n) is 6.61. The van der Waals surface area contributed by atoms with Gasteiger partial charge in [-0.05, 0) is 16.1 Å². The largest absolute Gasteiger partial charge is 0.419 e. The van der Waals surface area contributed by atoms with Crippen LogP contribution < -0.4 is 0 Å². The number of hydrogen-bond acceptors (Lipinski definition) is 1. The third-order valence-electron chi connectivity index (χ3n) is 5.19. The van der Waals surface area contributed by atoms with Crippen LogP contribution in [-0.4, -0.2) is 15.4 Å². The van der Waals surface area contributed by atoms with Crippen LogP contribution in [0, 0.1) is 0 Å². The maximum absolute atomic E-state index is 6.29. The van der Waals surface area contributed by atoms with E-state index in [1.165, 1.54) is 31.7 Å². The summed E-state index contributed by atoms with van der Waals surface area (Å²) in [4.78, 5) is 0. The van der Waals surface area contributed by atoms with Gasteiger partial charge in [-0.3, -0.25) is 0 Å². The van der Waals surface area contributed by atoms with Gasteiger partial charge in [-0.2, -0.15) is 0 Å². The van der Waals surface area contributed by atoms with Gasteiger partial charge in [-0.1, -0.05) is 74.1 Å². The molecular formula is C15H34OSi. The van der Waals surface area contributed by atoms with E-state index in [-0.39, 0.29) is 0 Å². The number of hydrogen-bond donors (Lipinski definition) is 0. The monoisotopic (exact) mass is 258 g/mol. The smallest absolute Gasteiger partial charge is 0.203 e. The molecule has 0 aliphatic rings. The zero-order chi connectivity index (χ0) is 13.7. The molecule has 0 aliphatic heterocycles. The standard InChI is InChI=1S/C15H34OSi/c1-9-12-13-17(16-8,14(4,5)10-2)15(6,7)11-3/h9-13H2,1-8H3. The second-order valence-corrected chi connectivity index (χ2v) is 11.9. The molecule has 0 amide bonds. The van der Waals surface area contributed by atoms with Crippen molar-refractivity contribution >= 4 is 8.32 Å². The van der Waals surface area contributed by atoms with Gasteiger partial charge in [0.25, 0.3) is 0 Å². The topological polar surface area (TPSA) is 9.23 Å². The lowest BCUT2D eigenvalue weighted by atomic mass is 10.1. The zero-order valence-electron chi connectivity index (χ0n) is 13.4. The minimum atomic E-state index is -1.75. The molecule has 1 nitrogen and oxygen atoms in total. The Bertz CT molecular complexity index is 205. The Morgan fingerprint density at radius 2 is 1.29 bits per heavy atom. The molecule has 0 spiro atoms. The van der Waals surface area contributed by atoms with E-state index in [0.29, 0.717) is 10.1 Å². The fraction of sp³-hybridized carbons (Fsp3) is 1.00. The molecule has 0 N–H and O–H groups in total. The van der Waals surface area contributed by atoms with Gasteiger partial charge < -0.3 is 4.43 Å². The van der Waals surface area contributed by atoms with Crippen LogP contribution in [-0.2, 0) is 4.43 Å². The lowest BCUT2D eigenvalue weighted by Gasteiger charge is -2.52. The molecule has 104 valence electrons. The highest BCUT2D eigenvalue weighted by Gasteiger charge is 2.56. The third-order valence-corrected chi connectivity index (χ3v) is 12.0. The molecule has 0 unspecified atom stereocenters. The van der Waals surface area contributed by atoms with Gasteiger partial charge in [0.05, 0.1) is 0 Å². The van der Waals surface area contributed by atoms with Gasteiger partial charge in [0, 0.05) is 7.11 Å². The van der Waals surface area contributed by atoms with E-state index in [2.05, 4.69) is 48.5 Å². The molecule has 0 aliphatic carbocycles. The molecule has 0 aromatic heterocycles. The van der Waals surface area contributed by atoms with Crippen LogP contribution in [0.5, 0.6) is 0 Å². The van der Waals surface area contributed by atoms with Crippen LogP contribution >= 0.6 is 0 Å². The quantitative estimate of drug-likeness (QED) is 0.503. The van der Waals surface area contributed by atoms with Crippen molar-refractivity contribution in [1.29, 1.82) is 0 Å². The van der Waals surface area contributed by atoms with Crippen molar-refractivity contribution in [3.8, 4) is 0 Å².